The Kier molecular flexibility index (Phi) is 4.29. The van der Waals surface area contributed by atoms with Gasteiger partial charge in [0.1, 0.15) is 11.5 Å². The van der Waals surface area contributed by atoms with Crippen LogP contribution in [0.2, 0.25) is 0 Å². The summed E-state index contributed by atoms with van der Waals surface area (Å²) in [6.07, 6.45) is 5.45. The average Bonchev–Trinajstić information content (AvgIpc) is 2.39. The molecule has 0 radical (unpaired) electrons. The van der Waals surface area contributed by atoms with Crippen molar-refractivity contribution in [3.63, 3.8) is 0 Å². The predicted octanol–water partition coefficient (Wildman–Crippen LogP) is 4.33. The van der Waals surface area contributed by atoms with Gasteiger partial charge in [-0.15, -0.1) is 23.4 Å². The lowest BCUT2D eigenvalue weighted by Gasteiger charge is -2.09. The Morgan fingerprint density at radius 2 is 2.12 bits per heavy atom. The molecule has 0 aliphatic heterocycles. The Morgan fingerprint density at radius 3 is 2.88 bits per heavy atom. The van der Waals surface area contributed by atoms with E-state index in [0.717, 1.165) is 16.2 Å². The van der Waals surface area contributed by atoms with Crippen molar-refractivity contribution < 1.29 is 4.74 Å². The summed E-state index contributed by atoms with van der Waals surface area (Å²) in [7, 11) is 0. The van der Waals surface area contributed by atoms with Crippen LogP contribution in [0.25, 0.3) is 0 Å². The van der Waals surface area contributed by atoms with Gasteiger partial charge in [0.05, 0.1) is 6.20 Å². The molecule has 2 nitrogen and oxygen atoms in total. The lowest BCUT2D eigenvalue weighted by molar-refractivity contribution is 0.468. The topological polar surface area (TPSA) is 22.1 Å². The first-order valence-electron chi connectivity index (χ1n) is 5.14. The van der Waals surface area contributed by atoms with Gasteiger partial charge >= 0.3 is 0 Å². The van der Waals surface area contributed by atoms with Crippen LogP contribution in [-0.2, 0) is 5.88 Å². The van der Waals surface area contributed by atoms with Crippen molar-refractivity contribution in [3.05, 3.63) is 48.3 Å². The van der Waals surface area contributed by atoms with Crippen LogP contribution in [-0.4, -0.2) is 11.2 Å². The van der Waals surface area contributed by atoms with E-state index in [2.05, 4.69) is 4.98 Å². The van der Waals surface area contributed by atoms with Crippen LogP contribution < -0.4 is 4.74 Å². The molecule has 0 fully saturated rings. The van der Waals surface area contributed by atoms with Gasteiger partial charge in [0.25, 0.3) is 0 Å². The Bertz CT molecular complexity index is 504. The van der Waals surface area contributed by atoms with E-state index in [-0.39, 0.29) is 0 Å². The van der Waals surface area contributed by atoms with Gasteiger partial charge in [-0.2, -0.15) is 0 Å². The molecule has 0 aliphatic carbocycles. The van der Waals surface area contributed by atoms with Gasteiger partial charge in [-0.05, 0) is 30.0 Å². The largest absolute Gasteiger partial charge is 0.455 e. The molecule has 0 amide bonds. The van der Waals surface area contributed by atoms with Crippen molar-refractivity contribution in [1.29, 1.82) is 0 Å². The van der Waals surface area contributed by atoms with E-state index in [1.165, 1.54) is 0 Å². The second-order valence-corrected chi connectivity index (χ2v) is 4.53. The minimum Gasteiger partial charge on any atom is -0.455 e. The number of pyridine rings is 1. The van der Waals surface area contributed by atoms with E-state index in [9.17, 15) is 0 Å². The number of rotatable bonds is 4. The molecule has 4 heteroatoms. The van der Waals surface area contributed by atoms with Gasteiger partial charge in [0.15, 0.2) is 0 Å². The van der Waals surface area contributed by atoms with Crippen molar-refractivity contribution in [2.75, 3.05) is 6.26 Å². The first kappa shape index (κ1) is 12.3. The normalized spacial score (nSPS) is 10.2. The molecule has 17 heavy (non-hydrogen) atoms. The second kappa shape index (κ2) is 5.94. The highest BCUT2D eigenvalue weighted by molar-refractivity contribution is 7.98. The quantitative estimate of drug-likeness (QED) is 0.607. The lowest BCUT2D eigenvalue weighted by atomic mass is 10.3. The molecule has 0 saturated heterocycles. The SMILES string of the molecule is CSc1ccccc1Oc1cncc(CCl)c1. The van der Waals surface area contributed by atoms with Gasteiger partial charge in [-0.25, -0.2) is 0 Å². The zero-order valence-corrected chi connectivity index (χ0v) is 11.0. The van der Waals surface area contributed by atoms with Crippen LogP contribution in [0.15, 0.2) is 47.6 Å². The molecule has 1 heterocycles. The monoisotopic (exact) mass is 265 g/mol. The molecule has 88 valence electrons. The van der Waals surface area contributed by atoms with Crippen LogP contribution in [0.3, 0.4) is 0 Å². The van der Waals surface area contributed by atoms with E-state index in [4.69, 9.17) is 16.3 Å². The summed E-state index contributed by atoms with van der Waals surface area (Å²) < 4.78 is 5.80. The summed E-state index contributed by atoms with van der Waals surface area (Å²) in [5.41, 5.74) is 0.950. The second-order valence-electron chi connectivity index (χ2n) is 3.42. The number of benzene rings is 1. The van der Waals surface area contributed by atoms with Crippen molar-refractivity contribution >= 4 is 23.4 Å². The zero-order chi connectivity index (χ0) is 12.1. The molecule has 0 spiro atoms. The highest BCUT2D eigenvalue weighted by Gasteiger charge is 2.04. The third kappa shape index (κ3) is 3.14. The summed E-state index contributed by atoms with van der Waals surface area (Å²) in [6.45, 7) is 0. The number of thioether (sulfide) groups is 1. The number of nitrogens with zero attached hydrogens (tertiary/aromatic N) is 1. The lowest BCUT2D eigenvalue weighted by Crippen LogP contribution is -1.89. The molecule has 1 aromatic carbocycles. The maximum Gasteiger partial charge on any atom is 0.146 e. The summed E-state index contributed by atoms with van der Waals surface area (Å²) in [5, 5.41) is 0. The van der Waals surface area contributed by atoms with Crippen molar-refractivity contribution in [2.45, 2.75) is 10.8 Å². The fourth-order valence-electron chi connectivity index (χ4n) is 1.42. The van der Waals surface area contributed by atoms with Crippen LogP contribution in [0, 0.1) is 0 Å². The highest BCUT2D eigenvalue weighted by Crippen LogP contribution is 2.31. The Labute approximate surface area is 110 Å². The van der Waals surface area contributed by atoms with Crippen LogP contribution in [0.5, 0.6) is 11.5 Å². The Morgan fingerprint density at radius 1 is 1.29 bits per heavy atom. The molecule has 0 unspecified atom stereocenters. The number of hydrogen-bond donors (Lipinski definition) is 0. The Balaban J connectivity index is 2.24. The standard InChI is InChI=1S/C13H12ClNOS/c1-17-13-5-3-2-4-12(13)16-11-6-10(7-14)8-15-9-11/h2-6,8-9H,7H2,1H3. The summed E-state index contributed by atoms with van der Waals surface area (Å²) in [6, 6.07) is 9.81. The summed E-state index contributed by atoms with van der Waals surface area (Å²) in [5.74, 6) is 1.99. The van der Waals surface area contributed by atoms with E-state index < -0.39 is 0 Å². The number of ether oxygens (including phenoxy) is 1. The summed E-state index contributed by atoms with van der Waals surface area (Å²) >= 11 is 7.41. The number of aromatic nitrogens is 1. The minimum absolute atomic E-state index is 0.439. The number of para-hydroxylation sites is 1. The first-order chi connectivity index (χ1) is 8.33. The highest BCUT2D eigenvalue weighted by atomic mass is 35.5. The Hall–Kier alpha value is -1.19. The van der Waals surface area contributed by atoms with Crippen molar-refractivity contribution in [2.24, 2.45) is 0 Å². The maximum absolute atomic E-state index is 5.80. The molecular weight excluding hydrogens is 254 g/mol. The van der Waals surface area contributed by atoms with E-state index >= 15 is 0 Å². The fraction of sp³-hybridized carbons (Fsp3) is 0.154. The first-order valence-corrected chi connectivity index (χ1v) is 6.90. The molecule has 0 saturated carbocycles. The van der Waals surface area contributed by atoms with E-state index in [1.54, 1.807) is 24.2 Å². The smallest absolute Gasteiger partial charge is 0.146 e. The van der Waals surface area contributed by atoms with Crippen molar-refractivity contribution in [3.8, 4) is 11.5 Å². The number of halogens is 1. The zero-order valence-electron chi connectivity index (χ0n) is 9.39. The molecular formula is C13H12ClNOS. The minimum atomic E-state index is 0.439. The summed E-state index contributed by atoms with van der Waals surface area (Å²) in [4.78, 5) is 5.19. The van der Waals surface area contributed by atoms with Crippen LogP contribution in [0.4, 0.5) is 0 Å². The van der Waals surface area contributed by atoms with Crippen LogP contribution in [0.1, 0.15) is 5.56 Å². The molecule has 0 atom stereocenters. The molecule has 2 aromatic rings. The fourth-order valence-corrected chi connectivity index (χ4v) is 2.09. The molecule has 2 rings (SSSR count). The van der Waals surface area contributed by atoms with Gasteiger partial charge in [0.2, 0.25) is 0 Å². The molecule has 0 aliphatic rings. The predicted molar refractivity (Wildman–Crippen MR) is 72.1 cm³/mol. The maximum atomic E-state index is 5.80. The average molecular weight is 266 g/mol. The molecule has 1 aromatic heterocycles. The van der Waals surface area contributed by atoms with Gasteiger partial charge in [-0.3, -0.25) is 4.98 Å². The number of hydrogen-bond acceptors (Lipinski definition) is 3. The third-order valence-electron chi connectivity index (χ3n) is 2.22. The van der Waals surface area contributed by atoms with Gasteiger partial charge in [0, 0.05) is 17.0 Å². The van der Waals surface area contributed by atoms with Crippen LogP contribution >= 0.6 is 23.4 Å². The van der Waals surface area contributed by atoms with E-state index in [1.807, 2.05) is 36.6 Å². The van der Waals surface area contributed by atoms with Crippen molar-refractivity contribution in [1.82, 2.24) is 4.98 Å². The molecule has 0 N–H and O–H groups in total. The molecule has 0 bridgehead atoms. The number of alkyl halides is 1. The van der Waals surface area contributed by atoms with Gasteiger partial charge in [-0.1, -0.05) is 12.1 Å². The third-order valence-corrected chi connectivity index (χ3v) is 3.31. The van der Waals surface area contributed by atoms with E-state index in [0.29, 0.717) is 11.6 Å². The van der Waals surface area contributed by atoms with Gasteiger partial charge < -0.3 is 4.74 Å².